The van der Waals surface area contributed by atoms with Crippen molar-refractivity contribution in [2.24, 2.45) is 11.8 Å². The van der Waals surface area contributed by atoms with Gasteiger partial charge in [0.1, 0.15) is 11.2 Å². The average molecular weight is 851 g/mol. The summed E-state index contributed by atoms with van der Waals surface area (Å²) < 4.78 is 12.6. The van der Waals surface area contributed by atoms with E-state index in [9.17, 15) is 19.2 Å². The second-order valence-electron chi connectivity index (χ2n) is 20.0. The molecule has 4 aliphatic carbocycles. The Balaban J connectivity index is 0.903. The summed E-state index contributed by atoms with van der Waals surface area (Å²) >= 11 is 0. The first kappa shape index (κ1) is 44.8. The number of hydrogen-bond acceptors (Lipinski definition) is 8. The van der Waals surface area contributed by atoms with E-state index in [-0.39, 0.29) is 49.1 Å². The van der Waals surface area contributed by atoms with E-state index in [1.807, 2.05) is 13.8 Å². The van der Waals surface area contributed by atoms with Crippen LogP contribution in [-0.4, -0.2) is 83.0 Å². The molecule has 2 aromatic carbocycles. The fourth-order valence-electron chi connectivity index (χ4n) is 12.7. The van der Waals surface area contributed by atoms with Gasteiger partial charge in [-0.2, -0.15) is 0 Å². The fraction of sp³-hybridized carbons (Fsp3) is 0.692. The molecule has 2 aliphatic heterocycles. The van der Waals surface area contributed by atoms with E-state index in [0.29, 0.717) is 50.6 Å². The molecule has 8 rings (SSSR count). The van der Waals surface area contributed by atoms with Crippen molar-refractivity contribution in [2.75, 3.05) is 26.2 Å². The standard InChI is InChI=1S/C52H74N4O6/c1-37(53-35-45(57)55-33-27-39-19-11-13-25-43(39)47(55)41-21-7-3-8-22-41)51(29-15-5-16-30-51)61-49(59)50(60)62-52(31-17-6-18-32-52)38(2)54-36-46(58)56-34-28-40-20-12-14-26-44(40)48(56)42-23-9-4-10-24-42/h11-14,19-20,25-26,37-38,41-42,47-48,53-54H,3-10,15-18,21-24,27-36H2,1-2H3. The third kappa shape index (κ3) is 9.81. The van der Waals surface area contributed by atoms with Crippen LogP contribution in [0.25, 0.3) is 0 Å². The molecule has 2 heterocycles. The first-order valence-corrected chi connectivity index (χ1v) is 24.9. The number of carbonyl (C=O) groups is 4. The monoisotopic (exact) mass is 851 g/mol. The van der Waals surface area contributed by atoms with Crippen LogP contribution in [0.1, 0.15) is 177 Å². The maximum Gasteiger partial charge on any atom is 0.418 e. The molecule has 0 spiro atoms. The smallest absolute Gasteiger partial charge is 0.418 e. The molecule has 62 heavy (non-hydrogen) atoms. The molecule has 10 nitrogen and oxygen atoms in total. The van der Waals surface area contributed by atoms with Crippen molar-refractivity contribution in [2.45, 2.75) is 190 Å². The van der Waals surface area contributed by atoms with Crippen molar-refractivity contribution in [3.63, 3.8) is 0 Å². The van der Waals surface area contributed by atoms with Gasteiger partial charge in [-0.05, 0) is 138 Å². The highest BCUT2D eigenvalue weighted by molar-refractivity contribution is 6.30. The lowest BCUT2D eigenvalue weighted by Gasteiger charge is -2.45. The van der Waals surface area contributed by atoms with Crippen molar-refractivity contribution >= 4 is 23.8 Å². The van der Waals surface area contributed by atoms with Gasteiger partial charge in [-0.25, -0.2) is 9.59 Å². The van der Waals surface area contributed by atoms with Crippen LogP contribution in [0, 0.1) is 11.8 Å². The van der Waals surface area contributed by atoms with Crippen LogP contribution in [0.15, 0.2) is 48.5 Å². The number of rotatable bonds is 12. The van der Waals surface area contributed by atoms with Crippen LogP contribution in [0.4, 0.5) is 0 Å². The second kappa shape index (κ2) is 20.4. The predicted molar refractivity (Wildman–Crippen MR) is 241 cm³/mol. The summed E-state index contributed by atoms with van der Waals surface area (Å²) in [5, 5.41) is 7.01. The molecule has 2 amide bonds. The van der Waals surface area contributed by atoms with Gasteiger partial charge in [0.05, 0.1) is 25.2 Å². The van der Waals surface area contributed by atoms with E-state index < -0.39 is 23.1 Å². The lowest BCUT2D eigenvalue weighted by atomic mass is 9.77. The average Bonchev–Trinajstić information content (AvgIpc) is 3.32. The van der Waals surface area contributed by atoms with Crippen molar-refractivity contribution in [3.05, 3.63) is 70.8 Å². The van der Waals surface area contributed by atoms with Crippen LogP contribution in [0.2, 0.25) is 0 Å². The second-order valence-corrected chi connectivity index (χ2v) is 20.0. The first-order chi connectivity index (χ1) is 30.2. The third-order valence-corrected chi connectivity index (χ3v) is 16.4. The molecule has 2 aromatic rings. The van der Waals surface area contributed by atoms with Crippen LogP contribution in [0.3, 0.4) is 0 Å². The molecule has 0 radical (unpaired) electrons. The fourth-order valence-corrected chi connectivity index (χ4v) is 12.7. The number of amides is 2. The van der Waals surface area contributed by atoms with E-state index in [1.165, 1.54) is 60.8 Å². The maximum absolute atomic E-state index is 14.2. The SMILES string of the molecule is CC(NCC(=O)N1CCc2ccccc2C1C1CCCCC1)C1(OC(=O)C(=O)OC2(C(C)NCC(=O)N3CCc4ccccc4C3C3CCCCC3)CCCCC2)CCCCC1. The van der Waals surface area contributed by atoms with Gasteiger partial charge in [-0.15, -0.1) is 0 Å². The van der Waals surface area contributed by atoms with Crippen LogP contribution >= 0.6 is 0 Å². The normalized spacial score (nSPS) is 25.1. The van der Waals surface area contributed by atoms with E-state index >= 15 is 0 Å². The Morgan fingerprint density at radius 2 is 0.903 bits per heavy atom. The minimum Gasteiger partial charge on any atom is -0.449 e. The Morgan fingerprint density at radius 1 is 0.548 bits per heavy atom. The number of benzene rings is 2. The van der Waals surface area contributed by atoms with Gasteiger partial charge in [0.25, 0.3) is 0 Å². The van der Waals surface area contributed by atoms with Gasteiger partial charge in [0, 0.05) is 25.2 Å². The van der Waals surface area contributed by atoms with E-state index in [1.54, 1.807) is 0 Å². The van der Waals surface area contributed by atoms with Crippen molar-refractivity contribution < 1.29 is 28.7 Å². The van der Waals surface area contributed by atoms with Gasteiger partial charge < -0.3 is 29.9 Å². The Labute approximate surface area is 371 Å². The van der Waals surface area contributed by atoms with Crippen LogP contribution in [-0.2, 0) is 41.5 Å². The molecule has 6 aliphatic rings. The molecule has 4 fully saturated rings. The lowest BCUT2D eigenvalue weighted by molar-refractivity contribution is -0.193. The Hall–Kier alpha value is -3.76. The molecule has 0 aromatic heterocycles. The number of fused-ring (bicyclic) bond motifs is 2. The number of carbonyl (C=O) groups excluding carboxylic acids is 4. The zero-order chi connectivity index (χ0) is 43.1. The number of nitrogens with zero attached hydrogens (tertiary/aromatic N) is 2. The molecule has 4 atom stereocenters. The summed E-state index contributed by atoms with van der Waals surface area (Å²) in [5.74, 6) is -0.860. The third-order valence-electron chi connectivity index (χ3n) is 16.4. The molecular formula is C52H74N4O6. The maximum atomic E-state index is 14.2. The minimum absolute atomic E-state index is 0.0763. The zero-order valence-corrected chi connectivity index (χ0v) is 37.8. The van der Waals surface area contributed by atoms with E-state index in [2.05, 4.69) is 69.0 Å². The van der Waals surface area contributed by atoms with Gasteiger partial charge in [0.15, 0.2) is 0 Å². The molecule has 0 bridgehead atoms. The Morgan fingerprint density at radius 3 is 1.29 bits per heavy atom. The molecule has 10 heteroatoms. The van der Waals surface area contributed by atoms with Crippen molar-refractivity contribution in [3.8, 4) is 0 Å². The number of hydrogen-bond donors (Lipinski definition) is 2. The molecule has 338 valence electrons. The molecular weight excluding hydrogens is 777 g/mol. The number of esters is 2. The predicted octanol–water partition coefficient (Wildman–Crippen LogP) is 8.85. The summed E-state index contributed by atoms with van der Waals surface area (Å²) in [6.45, 7) is 5.69. The highest BCUT2D eigenvalue weighted by Crippen LogP contribution is 2.44. The minimum atomic E-state index is -0.965. The first-order valence-electron chi connectivity index (χ1n) is 24.9. The van der Waals surface area contributed by atoms with Gasteiger partial charge >= 0.3 is 11.9 Å². The summed E-state index contributed by atoms with van der Waals surface area (Å²) in [4.78, 5) is 60.5. The zero-order valence-electron chi connectivity index (χ0n) is 37.8. The number of ether oxygens (including phenoxy) is 2. The highest BCUT2D eigenvalue weighted by Gasteiger charge is 2.47. The van der Waals surface area contributed by atoms with Crippen LogP contribution in [0.5, 0.6) is 0 Å². The van der Waals surface area contributed by atoms with Gasteiger partial charge in [-0.1, -0.05) is 99.9 Å². The molecule has 4 saturated carbocycles. The Bertz CT molecular complexity index is 1720. The summed E-state index contributed by atoms with van der Waals surface area (Å²) in [6, 6.07) is 16.8. The molecule has 2 N–H and O–H groups in total. The van der Waals surface area contributed by atoms with E-state index in [4.69, 9.17) is 9.47 Å². The van der Waals surface area contributed by atoms with E-state index in [0.717, 1.165) is 77.0 Å². The van der Waals surface area contributed by atoms with Crippen LogP contribution < -0.4 is 10.6 Å². The lowest BCUT2D eigenvalue weighted by Crippen LogP contribution is -2.58. The Kier molecular flexibility index (Phi) is 14.7. The van der Waals surface area contributed by atoms with Crippen molar-refractivity contribution in [1.82, 2.24) is 20.4 Å². The quantitative estimate of drug-likeness (QED) is 0.161. The summed E-state index contributed by atoms with van der Waals surface area (Å²) in [5.41, 5.74) is 3.45. The molecule has 0 saturated heterocycles. The number of nitrogens with one attached hydrogen (secondary N) is 2. The summed E-state index contributed by atoms with van der Waals surface area (Å²) in [6.07, 6.45) is 21.7. The van der Waals surface area contributed by atoms with Crippen molar-refractivity contribution in [1.29, 1.82) is 0 Å². The largest absolute Gasteiger partial charge is 0.449 e. The molecule has 4 unspecified atom stereocenters. The topological polar surface area (TPSA) is 117 Å². The highest BCUT2D eigenvalue weighted by atomic mass is 16.6. The summed E-state index contributed by atoms with van der Waals surface area (Å²) in [7, 11) is 0. The van der Waals surface area contributed by atoms with Gasteiger partial charge in [0.2, 0.25) is 11.8 Å². The van der Waals surface area contributed by atoms with Gasteiger partial charge in [-0.3, -0.25) is 9.59 Å².